The molecule has 0 radical (unpaired) electrons. The van der Waals surface area contributed by atoms with Crippen molar-refractivity contribution >= 4 is 34.6 Å². The van der Waals surface area contributed by atoms with Crippen molar-refractivity contribution < 1.29 is 18.7 Å². The van der Waals surface area contributed by atoms with Crippen molar-refractivity contribution in [2.24, 2.45) is 4.99 Å². The molecule has 37 heavy (non-hydrogen) atoms. The van der Waals surface area contributed by atoms with E-state index in [4.69, 9.17) is 9.47 Å². The lowest BCUT2D eigenvalue weighted by Gasteiger charge is -2.36. The number of aryl methyl sites for hydroxylation is 1. The fourth-order valence-corrected chi connectivity index (χ4v) is 5.23. The Morgan fingerprint density at radius 3 is 2.43 bits per heavy atom. The second-order valence-corrected chi connectivity index (χ2v) is 9.93. The summed E-state index contributed by atoms with van der Waals surface area (Å²) in [5, 5.41) is 0.689. The van der Waals surface area contributed by atoms with Gasteiger partial charge in [0.2, 0.25) is 0 Å². The molecule has 8 heteroatoms. The number of amides is 1. The van der Waals surface area contributed by atoms with Crippen molar-refractivity contribution in [3.63, 3.8) is 0 Å². The molecule has 0 unspecified atom stereocenters. The second-order valence-electron chi connectivity index (χ2n) is 8.92. The van der Waals surface area contributed by atoms with Crippen molar-refractivity contribution in [2.75, 3.05) is 38.2 Å². The van der Waals surface area contributed by atoms with E-state index in [1.54, 1.807) is 19.2 Å². The van der Waals surface area contributed by atoms with E-state index in [0.29, 0.717) is 60.0 Å². The summed E-state index contributed by atoms with van der Waals surface area (Å²) in [4.78, 5) is 21.6. The third kappa shape index (κ3) is 5.80. The number of hydrogen-bond donors (Lipinski definition) is 0. The number of amidine groups is 1. The first-order chi connectivity index (χ1) is 18.0. The highest BCUT2D eigenvalue weighted by Crippen LogP contribution is 2.34. The monoisotopic (exact) mass is 517 g/mol. The first-order valence-electron chi connectivity index (χ1n) is 12.1. The van der Waals surface area contributed by atoms with Gasteiger partial charge in [-0.15, -0.1) is 0 Å². The number of hydrogen-bond acceptors (Lipinski definition) is 6. The number of rotatable bonds is 6. The van der Waals surface area contributed by atoms with Crippen LogP contribution in [0.1, 0.15) is 16.7 Å². The maximum atomic E-state index is 14.1. The fourth-order valence-electron chi connectivity index (χ4n) is 4.27. The van der Waals surface area contributed by atoms with E-state index in [1.165, 1.54) is 23.4 Å². The maximum absolute atomic E-state index is 14.1. The molecule has 3 aromatic carbocycles. The molecule has 1 saturated heterocycles. The number of anilines is 1. The van der Waals surface area contributed by atoms with Gasteiger partial charge in [-0.05, 0) is 60.2 Å². The van der Waals surface area contributed by atoms with Crippen LogP contribution in [0, 0.1) is 12.7 Å². The molecule has 2 heterocycles. The zero-order valence-electron chi connectivity index (χ0n) is 20.8. The minimum Gasteiger partial charge on any atom is -0.493 e. The maximum Gasteiger partial charge on any atom is 0.286 e. The van der Waals surface area contributed by atoms with Crippen LogP contribution in [-0.2, 0) is 11.4 Å². The van der Waals surface area contributed by atoms with E-state index in [9.17, 15) is 9.18 Å². The standard InChI is InChI=1S/C29H28FN3O3S/c1-20-7-9-21(10-8-20)19-36-25-12-11-22(17-26(25)35-2)18-27-28(34)31-29(37-27)33-15-13-32(14-16-33)24-6-4-3-5-23(24)30/h3-12,17-18H,13-16,19H2,1-2H3/b27-18-. The van der Waals surface area contributed by atoms with Gasteiger partial charge in [0.25, 0.3) is 5.91 Å². The van der Waals surface area contributed by atoms with Crippen LogP contribution in [0.15, 0.2) is 76.6 Å². The zero-order valence-corrected chi connectivity index (χ0v) is 21.6. The summed E-state index contributed by atoms with van der Waals surface area (Å²) in [6.45, 7) is 5.15. The van der Waals surface area contributed by atoms with Gasteiger partial charge in [-0.3, -0.25) is 4.79 Å². The van der Waals surface area contributed by atoms with E-state index in [0.717, 1.165) is 11.1 Å². The number of thioether (sulfide) groups is 1. The number of ether oxygens (including phenoxy) is 2. The Kier molecular flexibility index (Phi) is 7.46. The number of methoxy groups -OCH3 is 1. The van der Waals surface area contributed by atoms with E-state index in [2.05, 4.69) is 28.9 Å². The van der Waals surface area contributed by atoms with Crippen LogP contribution in [-0.4, -0.2) is 49.3 Å². The highest BCUT2D eigenvalue weighted by atomic mass is 32.2. The number of aliphatic imine (C=N–C) groups is 1. The summed E-state index contributed by atoms with van der Waals surface area (Å²) in [6.07, 6.45) is 1.82. The Labute approximate surface area is 220 Å². The van der Waals surface area contributed by atoms with Gasteiger partial charge >= 0.3 is 0 Å². The van der Waals surface area contributed by atoms with Crippen LogP contribution in [0.4, 0.5) is 10.1 Å². The van der Waals surface area contributed by atoms with Crippen LogP contribution in [0.5, 0.6) is 11.5 Å². The van der Waals surface area contributed by atoms with Gasteiger partial charge in [0, 0.05) is 26.2 Å². The van der Waals surface area contributed by atoms with Crippen molar-refractivity contribution in [3.05, 3.63) is 94.1 Å². The SMILES string of the molecule is COc1cc(/C=C2\SC(N3CCN(c4ccccc4F)CC3)=NC2=O)ccc1OCc1ccc(C)cc1. The molecule has 0 bridgehead atoms. The highest BCUT2D eigenvalue weighted by Gasteiger charge is 2.29. The highest BCUT2D eigenvalue weighted by molar-refractivity contribution is 8.18. The van der Waals surface area contributed by atoms with Gasteiger partial charge in [0.15, 0.2) is 16.7 Å². The molecule has 1 fully saturated rings. The minimum absolute atomic E-state index is 0.217. The van der Waals surface area contributed by atoms with Gasteiger partial charge in [-0.1, -0.05) is 48.0 Å². The molecule has 190 valence electrons. The summed E-state index contributed by atoms with van der Waals surface area (Å²) in [5.41, 5.74) is 3.72. The normalized spacial score (nSPS) is 16.8. The average Bonchev–Trinajstić information content (AvgIpc) is 3.29. The molecule has 1 amide bonds. The van der Waals surface area contributed by atoms with E-state index in [1.807, 2.05) is 47.4 Å². The van der Waals surface area contributed by atoms with E-state index >= 15 is 0 Å². The summed E-state index contributed by atoms with van der Waals surface area (Å²) in [7, 11) is 1.60. The summed E-state index contributed by atoms with van der Waals surface area (Å²) < 4.78 is 25.7. The average molecular weight is 518 g/mol. The fraction of sp³-hybridized carbons (Fsp3) is 0.241. The van der Waals surface area contributed by atoms with Crippen LogP contribution in [0.3, 0.4) is 0 Å². The molecule has 5 rings (SSSR count). The van der Waals surface area contributed by atoms with Gasteiger partial charge in [0.1, 0.15) is 12.4 Å². The molecular weight excluding hydrogens is 489 g/mol. The minimum atomic E-state index is -0.254. The van der Waals surface area contributed by atoms with Crippen molar-refractivity contribution in [1.29, 1.82) is 0 Å². The van der Waals surface area contributed by atoms with Gasteiger partial charge < -0.3 is 19.3 Å². The first kappa shape index (κ1) is 24.9. The lowest BCUT2D eigenvalue weighted by atomic mass is 10.1. The molecule has 0 aliphatic carbocycles. The number of benzene rings is 3. The Morgan fingerprint density at radius 1 is 0.973 bits per heavy atom. The van der Waals surface area contributed by atoms with Gasteiger partial charge in [-0.25, -0.2) is 4.39 Å². The zero-order chi connectivity index (χ0) is 25.8. The lowest BCUT2D eigenvalue weighted by molar-refractivity contribution is -0.113. The molecule has 0 saturated carbocycles. The number of carbonyl (C=O) groups is 1. The number of piperazine rings is 1. The molecule has 2 aliphatic heterocycles. The number of para-hydroxylation sites is 1. The molecule has 2 aliphatic rings. The Bertz CT molecular complexity index is 1350. The Balaban J connectivity index is 1.21. The molecule has 0 atom stereocenters. The summed E-state index contributed by atoms with van der Waals surface area (Å²) >= 11 is 1.37. The van der Waals surface area contributed by atoms with Crippen LogP contribution in [0.25, 0.3) is 6.08 Å². The van der Waals surface area contributed by atoms with E-state index < -0.39 is 0 Å². The largest absolute Gasteiger partial charge is 0.493 e. The third-order valence-corrected chi connectivity index (χ3v) is 7.40. The number of carbonyl (C=O) groups excluding carboxylic acids is 1. The van der Waals surface area contributed by atoms with Crippen molar-refractivity contribution in [1.82, 2.24) is 4.90 Å². The van der Waals surface area contributed by atoms with Gasteiger partial charge in [0.05, 0.1) is 17.7 Å². The van der Waals surface area contributed by atoms with E-state index in [-0.39, 0.29) is 11.7 Å². The molecule has 0 spiro atoms. The molecule has 3 aromatic rings. The smallest absolute Gasteiger partial charge is 0.286 e. The molecule has 6 nitrogen and oxygen atoms in total. The first-order valence-corrected chi connectivity index (χ1v) is 13.0. The lowest BCUT2D eigenvalue weighted by Crippen LogP contribution is -2.48. The quantitative estimate of drug-likeness (QED) is 0.402. The van der Waals surface area contributed by atoms with Crippen LogP contribution >= 0.6 is 11.8 Å². The molecular formula is C29H28FN3O3S. The van der Waals surface area contributed by atoms with Crippen LogP contribution in [0.2, 0.25) is 0 Å². The Hall–Kier alpha value is -3.78. The topological polar surface area (TPSA) is 54.4 Å². The third-order valence-electron chi connectivity index (χ3n) is 6.35. The van der Waals surface area contributed by atoms with Gasteiger partial charge in [-0.2, -0.15) is 4.99 Å². The predicted molar refractivity (Wildman–Crippen MR) is 147 cm³/mol. The summed E-state index contributed by atoms with van der Waals surface area (Å²) in [6, 6.07) is 20.6. The van der Waals surface area contributed by atoms with Crippen molar-refractivity contribution in [2.45, 2.75) is 13.5 Å². The second kappa shape index (κ2) is 11.1. The number of halogens is 1. The molecule has 0 aromatic heterocycles. The number of nitrogens with zero attached hydrogens (tertiary/aromatic N) is 3. The van der Waals surface area contributed by atoms with Crippen molar-refractivity contribution in [3.8, 4) is 11.5 Å². The van der Waals surface area contributed by atoms with Crippen LogP contribution < -0.4 is 14.4 Å². The Morgan fingerprint density at radius 2 is 1.70 bits per heavy atom. The predicted octanol–water partition coefficient (Wildman–Crippen LogP) is 5.51. The molecule has 0 N–H and O–H groups in total. The summed E-state index contributed by atoms with van der Waals surface area (Å²) in [5.74, 6) is 0.767.